The maximum Gasteiger partial charge on any atom is 0.243 e. The number of rotatable bonds is 7. The summed E-state index contributed by atoms with van der Waals surface area (Å²) in [5.74, 6) is 7.45. The minimum absolute atomic E-state index is 0.0895. The summed E-state index contributed by atoms with van der Waals surface area (Å²) in [7, 11) is 4.58. The third-order valence-electron chi connectivity index (χ3n) is 4.39. The fourth-order valence-electron chi connectivity index (χ4n) is 2.91. The second-order valence-electron chi connectivity index (χ2n) is 6.51. The van der Waals surface area contributed by atoms with Gasteiger partial charge in [-0.25, -0.2) is 0 Å². The van der Waals surface area contributed by atoms with Gasteiger partial charge in [-0.2, -0.15) is 0 Å². The Balaban J connectivity index is 1.63. The molecule has 0 radical (unpaired) electrons. The first kappa shape index (κ1) is 21.6. The monoisotopic (exact) mass is 416 g/mol. The van der Waals surface area contributed by atoms with E-state index < -0.39 is 0 Å². The number of benzene rings is 3. The molecule has 0 saturated carbocycles. The van der Waals surface area contributed by atoms with Gasteiger partial charge < -0.3 is 24.8 Å². The molecule has 0 heterocycles. The van der Waals surface area contributed by atoms with Gasteiger partial charge >= 0.3 is 0 Å². The topological polar surface area (TPSA) is 68.8 Å². The van der Waals surface area contributed by atoms with E-state index in [0.29, 0.717) is 22.9 Å². The van der Waals surface area contributed by atoms with E-state index in [1.54, 1.807) is 12.1 Å². The lowest BCUT2D eigenvalue weighted by Gasteiger charge is -2.15. The quantitative estimate of drug-likeness (QED) is 0.566. The molecule has 0 aliphatic heterocycles. The van der Waals surface area contributed by atoms with Crippen LogP contribution in [0.2, 0.25) is 0 Å². The van der Waals surface area contributed by atoms with Crippen LogP contribution < -0.4 is 24.8 Å². The van der Waals surface area contributed by atoms with E-state index in [9.17, 15) is 4.79 Å². The minimum Gasteiger partial charge on any atom is -0.493 e. The Kier molecular flexibility index (Phi) is 7.39. The number of methoxy groups -OCH3 is 3. The number of ether oxygens (including phenoxy) is 3. The van der Waals surface area contributed by atoms with E-state index in [0.717, 1.165) is 16.8 Å². The minimum atomic E-state index is -0.213. The van der Waals surface area contributed by atoms with E-state index >= 15 is 0 Å². The van der Waals surface area contributed by atoms with E-state index in [4.69, 9.17) is 14.2 Å². The first-order valence-corrected chi connectivity index (χ1v) is 9.64. The molecule has 31 heavy (non-hydrogen) atoms. The van der Waals surface area contributed by atoms with Gasteiger partial charge in [0.2, 0.25) is 11.7 Å². The summed E-state index contributed by atoms with van der Waals surface area (Å²) in [5, 5.41) is 5.95. The Hall–Kier alpha value is -4.11. The number of hydrogen-bond donors (Lipinski definition) is 2. The normalized spacial score (nSPS) is 9.77. The summed E-state index contributed by atoms with van der Waals surface area (Å²) >= 11 is 0. The number of amides is 1. The number of hydrogen-bond acceptors (Lipinski definition) is 5. The lowest BCUT2D eigenvalue weighted by atomic mass is 10.1. The summed E-state index contributed by atoms with van der Waals surface area (Å²) in [4.78, 5) is 12.4. The average Bonchev–Trinajstić information content (AvgIpc) is 2.81. The molecule has 3 aromatic rings. The molecular formula is C25H24N2O4. The number of carbonyl (C=O) groups excluding carboxylic acids is 1. The molecule has 0 aromatic heterocycles. The summed E-state index contributed by atoms with van der Waals surface area (Å²) in [5.41, 5.74) is 3.16. The fraction of sp³-hybridized carbons (Fsp3) is 0.160. The van der Waals surface area contributed by atoms with E-state index in [1.807, 2.05) is 54.6 Å². The summed E-state index contributed by atoms with van der Waals surface area (Å²) in [6, 6.07) is 20.8. The highest BCUT2D eigenvalue weighted by atomic mass is 16.5. The third-order valence-corrected chi connectivity index (χ3v) is 4.39. The van der Waals surface area contributed by atoms with Gasteiger partial charge in [0.1, 0.15) is 0 Å². The molecule has 0 aliphatic carbocycles. The second-order valence-corrected chi connectivity index (χ2v) is 6.51. The molecule has 0 saturated heterocycles. The molecule has 2 N–H and O–H groups in total. The van der Waals surface area contributed by atoms with Crippen LogP contribution >= 0.6 is 0 Å². The maximum absolute atomic E-state index is 12.4. The smallest absolute Gasteiger partial charge is 0.243 e. The summed E-state index contributed by atoms with van der Waals surface area (Å²) in [6.45, 7) is 0.0895. The van der Waals surface area contributed by atoms with Crippen LogP contribution in [-0.4, -0.2) is 33.8 Å². The van der Waals surface area contributed by atoms with Crippen LogP contribution in [-0.2, 0) is 4.79 Å². The van der Waals surface area contributed by atoms with Crippen molar-refractivity contribution in [1.29, 1.82) is 0 Å². The zero-order valence-electron chi connectivity index (χ0n) is 17.7. The molecule has 0 unspecified atom stereocenters. The van der Waals surface area contributed by atoms with Crippen molar-refractivity contribution in [3.8, 4) is 29.1 Å². The standard InChI is InChI=1S/C25H24N2O4/c1-29-22-15-21(16-23(30-2)25(22)31-3)27-24(28)17-26-20-11-7-10-19(14-20)13-12-18-8-5-4-6-9-18/h4-11,14-16,26H,17H2,1-3H3,(H,27,28). The molecule has 0 spiro atoms. The average molecular weight is 416 g/mol. The van der Waals surface area contributed by atoms with Crippen LogP contribution in [0.25, 0.3) is 0 Å². The van der Waals surface area contributed by atoms with Gasteiger partial charge in [-0.15, -0.1) is 0 Å². The predicted octanol–water partition coefficient (Wildman–Crippen LogP) is 4.16. The first-order chi connectivity index (χ1) is 15.1. The highest BCUT2D eigenvalue weighted by Gasteiger charge is 2.14. The summed E-state index contributed by atoms with van der Waals surface area (Å²) in [6.07, 6.45) is 0. The van der Waals surface area contributed by atoms with Crippen LogP contribution in [0.15, 0.2) is 66.7 Å². The van der Waals surface area contributed by atoms with Crippen LogP contribution in [0.4, 0.5) is 11.4 Å². The molecule has 0 bridgehead atoms. The maximum atomic E-state index is 12.4. The van der Waals surface area contributed by atoms with Crippen LogP contribution in [0.5, 0.6) is 17.2 Å². The van der Waals surface area contributed by atoms with E-state index in [2.05, 4.69) is 22.5 Å². The lowest BCUT2D eigenvalue weighted by molar-refractivity contribution is -0.114. The van der Waals surface area contributed by atoms with Crippen molar-refractivity contribution in [2.24, 2.45) is 0 Å². The Bertz CT molecular complexity index is 1080. The Morgan fingerprint density at radius 3 is 2.06 bits per heavy atom. The van der Waals surface area contributed by atoms with Crippen molar-refractivity contribution in [1.82, 2.24) is 0 Å². The first-order valence-electron chi connectivity index (χ1n) is 9.64. The Morgan fingerprint density at radius 1 is 0.774 bits per heavy atom. The molecule has 3 aromatic carbocycles. The van der Waals surface area contributed by atoms with Gasteiger partial charge in [-0.3, -0.25) is 4.79 Å². The number of carbonyl (C=O) groups is 1. The van der Waals surface area contributed by atoms with E-state index in [-0.39, 0.29) is 12.5 Å². The molecule has 0 aliphatic rings. The third kappa shape index (κ3) is 5.94. The Labute approximate surface area is 182 Å². The number of anilines is 2. The molecule has 6 nitrogen and oxygen atoms in total. The Morgan fingerprint density at radius 2 is 1.42 bits per heavy atom. The largest absolute Gasteiger partial charge is 0.493 e. The molecule has 3 rings (SSSR count). The molecule has 158 valence electrons. The summed E-state index contributed by atoms with van der Waals surface area (Å²) < 4.78 is 15.9. The van der Waals surface area contributed by atoms with Crippen molar-refractivity contribution < 1.29 is 19.0 Å². The van der Waals surface area contributed by atoms with Gasteiger partial charge in [-0.1, -0.05) is 36.1 Å². The van der Waals surface area contributed by atoms with Crippen molar-refractivity contribution in [3.05, 3.63) is 77.9 Å². The zero-order valence-corrected chi connectivity index (χ0v) is 17.7. The van der Waals surface area contributed by atoms with Gasteiger partial charge in [-0.05, 0) is 30.3 Å². The molecule has 1 amide bonds. The van der Waals surface area contributed by atoms with Gasteiger partial charge in [0, 0.05) is 34.6 Å². The fourth-order valence-corrected chi connectivity index (χ4v) is 2.91. The molecule has 6 heteroatoms. The van der Waals surface area contributed by atoms with Crippen LogP contribution in [0.1, 0.15) is 11.1 Å². The number of nitrogens with one attached hydrogen (secondary N) is 2. The van der Waals surface area contributed by atoms with Crippen molar-refractivity contribution in [3.63, 3.8) is 0 Å². The molecule has 0 fully saturated rings. The zero-order chi connectivity index (χ0) is 22.1. The SMILES string of the molecule is COc1cc(NC(=O)CNc2cccc(C#Cc3ccccc3)c2)cc(OC)c1OC. The highest BCUT2D eigenvalue weighted by Crippen LogP contribution is 2.39. The lowest BCUT2D eigenvalue weighted by Crippen LogP contribution is -2.21. The molecule has 0 atom stereocenters. The van der Waals surface area contributed by atoms with Crippen molar-refractivity contribution >= 4 is 17.3 Å². The van der Waals surface area contributed by atoms with Crippen molar-refractivity contribution in [2.75, 3.05) is 38.5 Å². The van der Waals surface area contributed by atoms with Gasteiger partial charge in [0.05, 0.1) is 27.9 Å². The van der Waals surface area contributed by atoms with Gasteiger partial charge in [0.15, 0.2) is 11.5 Å². The molecular weight excluding hydrogens is 392 g/mol. The van der Waals surface area contributed by atoms with Crippen molar-refractivity contribution in [2.45, 2.75) is 0 Å². The predicted molar refractivity (Wildman–Crippen MR) is 122 cm³/mol. The van der Waals surface area contributed by atoms with E-state index in [1.165, 1.54) is 21.3 Å². The van der Waals surface area contributed by atoms with Crippen LogP contribution in [0.3, 0.4) is 0 Å². The van der Waals surface area contributed by atoms with Gasteiger partial charge in [0.25, 0.3) is 0 Å². The van der Waals surface area contributed by atoms with Crippen LogP contribution in [0, 0.1) is 11.8 Å². The highest BCUT2D eigenvalue weighted by molar-refractivity contribution is 5.94. The second kappa shape index (κ2) is 10.6.